The number of carbonyl (C=O) groups is 2. The molecule has 29 heavy (non-hydrogen) atoms. The average Bonchev–Trinajstić information content (AvgIpc) is 3.11. The summed E-state index contributed by atoms with van der Waals surface area (Å²) in [7, 11) is 0. The summed E-state index contributed by atoms with van der Waals surface area (Å²) in [5, 5.41) is 9.49. The number of amides is 1. The number of carboxylic acid groups (broad SMARTS) is 1. The molecule has 1 aliphatic heterocycles. The smallest absolute Gasteiger partial charge is 0.411 e. The van der Waals surface area contributed by atoms with Gasteiger partial charge in [0.15, 0.2) is 0 Å². The molecule has 0 radical (unpaired) electrons. The van der Waals surface area contributed by atoms with Crippen molar-refractivity contribution >= 4 is 12.1 Å². The number of nitrogens with zero attached hydrogens (tertiary/aromatic N) is 2. The lowest BCUT2D eigenvalue weighted by Gasteiger charge is -2.26. The van der Waals surface area contributed by atoms with Gasteiger partial charge in [-0.3, -0.25) is 4.90 Å². The summed E-state index contributed by atoms with van der Waals surface area (Å²) >= 11 is 0. The van der Waals surface area contributed by atoms with Crippen LogP contribution < -0.4 is 4.74 Å². The first kappa shape index (κ1) is 20.6. The van der Waals surface area contributed by atoms with Gasteiger partial charge in [-0.2, -0.15) is 0 Å². The first-order valence-electron chi connectivity index (χ1n) is 9.60. The van der Waals surface area contributed by atoms with E-state index >= 15 is 0 Å². The lowest BCUT2D eigenvalue weighted by Crippen LogP contribution is -2.43. The van der Waals surface area contributed by atoms with Gasteiger partial charge in [-0.1, -0.05) is 36.4 Å². The third-order valence-electron chi connectivity index (χ3n) is 4.56. The highest BCUT2D eigenvalue weighted by atomic mass is 16.6. The molecule has 1 amide bonds. The quantitative estimate of drug-likeness (QED) is 0.823. The van der Waals surface area contributed by atoms with Crippen LogP contribution in [-0.4, -0.2) is 51.8 Å². The van der Waals surface area contributed by atoms with Gasteiger partial charge in [0.25, 0.3) is 0 Å². The van der Waals surface area contributed by atoms with Gasteiger partial charge >= 0.3 is 12.1 Å². The summed E-state index contributed by atoms with van der Waals surface area (Å²) in [6, 6.07) is 14.4. The predicted molar refractivity (Wildman–Crippen MR) is 108 cm³/mol. The van der Waals surface area contributed by atoms with Crippen LogP contribution in [0.4, 0.5) is 4.79 Å². The number of carbonyl (C=O) groups excluding carboxylic acids is 1. The van der Waals surface area contributed by atoms with Crippen LogP contribution in [0.15, 0.2) is 48.5 Å². The Morgan fingerprint density at radius 3 is 2.52 bits per heavy atom. The van der Waals surface area contributed by atoms with Crippen LogP contribution in [0.3, 0.4) is 0 Å². The van der Waals surface area contributed by atoms with Crippen LogP contribution in [0.5, 0.6) is 5.88 Å². The summed E-state index contributed by atoms with van der Waals surface area (Å²) < 4.78 is 11.2. The monoisotopic (exact) mass is 398 g/mol. The molecule has 7 nitrogen and oxygen atoms in total. The Balaban J connectivity index is 1.64. The van der Waals surface area contributed by atoms with Gasteiger partial charge in [0.2, 0.25) is 5.88 Å². The maximum Gasteiger partial charge on any atom is 0.411 e. The molecule has 1 fully saturated rings. The molecule has 0 bridgehead atoms. The number of benzene rings is 1. The van der Waals surface area contributed by atoms with E-state index in [2.05, 4.69) is 4.98 Å². The summed E-state index contributed by atoms with van der Waals surface area (Å²) in [6.45, 7) is 5.80. The highest BCUT2D eigenvalue weighted by Crippen LogP contribution is 2.27. The van der Waals surface area contributed by atoms with E-state index in [1.165, 1.54) is 4.90 Å². The van der Waals surface area contributed by atoms with Crippen LogP contribution in [-0.2, 0) is 9.53 Å². The first-order valence-corrected chi connectivity index (χ1v) is 9.60. The summed E-state index contributed by atoms with van der Waals surface area (Å²) in [5.74, 6) is -0.692. The number of aliphatic carboxylic acids is 1. The average molecular weight is 398 g/mol. The van der Waals surface area contributed by atoms with Gasteiger partial charge in [0.05, 0.1) is 12.3 Å². The fourth-order valence-corrected chi connectivity index (χ4v) is 3.27. The second kappa shape index (κ2) is 8.51. The number of pyridine rings is 1. The first-order chi connectivity index (χ1) is 13.7. The summed E-state index contributed by atoms with van der Waals surface area (Å²) in [6.07, 6.45) is -0.302. The van der Waals surface area contributed by atoms with Crippen molar-refractivity contribution < 1.29 is 24.2 Å². The maximum absolute atomic E-state index is 12.4. The third kappa shape index (κ3) is 5.47. The molecule has 3 rings (SSSR count). The predicted octanol–water partition coefficient (Wildman–Crippen LogP) is 3.84. The van der Waals surface area contributed by atoms with Crippen molar-refractivity contribution in [2.45, 2.75) is 38.8 Å². The van der Waals surface area contributed by atoms with Gasteiger partial charge < -0.3 is 14.6 Å². The minimum Gasteiger partial charge on any atom is -0.480 e. The number of likely N-dealkylation sites (tertiary alicyclic amines) is 1. The molecular formula is C22H26N2O5. The van der Waals surface area contributed by atoms with E-state index in [-0.39, 0.29) is 19.1 Å². The molecule has 1 aliphatic rings. The van der Waals surface area contributed by atoms with Crippen LogP contribution in [0.1, 0.15) is 27.2 Å². The van der Waals surface area contributed by atoms with Gasteiger partial charge in [0, 0.05) is 24.1 Å². The van der Waals surface area contributed by atoms with Crippen molar-refractivity contribution in [2.24, 2.45) is 5.92 Å². The van der Waals surface area contributed by atoms with Gasteiger partial charge in [-0.15, -0.1) is 0 Å². The Labute approximate surface area is 170 Å². The summed E-state index contributed by atoms with van der Waals surface area (Å²) in [4.78, 5) is 29.8. The molecule has 2 atom stereocenters. The third-order valence-corrected chi connectivity index (χ3v) is 4.56. The minimum atomic E-state index is -1.04. The number of hydrogen-bond acceptors (Lipinski definition) is 5. The van der Waals surface area contributed by atoms with Crippen molar-refractivity contribution in [1.82, 2.24) is 9.88 Å². The van der Waals surface area contributed by atoms with Crippen LogP contribution >= 0.6 is 0 Å². The number of rotatable bonds is 5. The molecule has 154 valence electrons. The van der Waals surface area contributed by atoms with Crippen molar-refractivity contribution in [2.75, 3.05) is 13.2 Å². The Bertz CT molecular complexity index is 863. The standard InChI is InChI=1S/C22H26N2O5/c1-22(2,3)29-21(27)24-13-15(12-18(24)20(25)26)14-28-19-11-7-10-17(23-19)16-8-5-4-6-9-16/h4-11,15,18H,12-14H2,1-3H3,(H,25,26)/t15-,18+/m1/s1. The second-order valence-corrected chi connectivity index (χ2v) is 8.13. The fourth-order valence-electron chi connectivity index (χ4n) is 3.27. The molecule has 1 aromatic carbocycles. The molecule has 0 saturated carbocycles. The largest absolute Gasteiger partial charge is 0.480 e. The van der Waals surface area contributed by atoms with Gasteiger partial charge in [0.1, 0.15) is 11.6 Å². The van der Waals surface area contributed by atoms with Crippen molar-refractivity contribution in [3.05, 3.63) is 48.5 Å². The van der Waals surface area contributed by atoms with E-state index in [0.29, 0.717) is 12.3 Å². The van der Waals surface area contributed by atoms with Gasteiger partial charge in [-0.25, -0.2) is 14.6 Å². The van der Waals surface area contributed by atoms with E-state index in [1.807, 2.05) is 42.5 Å². The van der Waals surface area contributed by atoms with Crippen LogP contribution in [0.2, 0.25) is 0 Å². The molecule has 7 heteroatoms. The van der Waals surface area contributed by atoms with Crippen LogP contribution in [0, 0.1) is 5.92 Å². The van der Waals surface area contributed by atoms with Crippen molar-refractivity contribution in [3.63, 3.8) is 0 Å². The zero-order valence-corrected chi connectivity index (χ0v) is 16.9. The molecule has 1 N–H and O–H groups in total. The molecule has 0 aliphatic carbocycles. The van der Waals surface area contributed by atoms with Crippen molar-refractivity contribution in [3.8, 4) is 17.1 Å². The molecule has 0 spiro atoms. The zero-order valence-electron chi connectivity index (χ0n) is 16.9. The molecule has 1 aromatic heterocycles. The molecule has 0 unspecified atom stereocenters. The Kier molecular flexibility index (Phi) is 6.06. The zero-order chi connectivity index (χ0) is 21.0. The number of aromatic nitrogens is 1. The molecule has 2 aromatic rings. The minimum absolute atomic E-state index is 0.120. The topological polar surface area (TPSA) is 89.0 Å². The molecular weight excluding hydrogens is 372 g/mol. The maximum atomic E-state index is 12.4. The number of ether oxygens (including phenoxy) is 2. The van der Waals surface area contributed by atoms with E-state index in [0.717, 1.165) is 11.3 Å². The van der Waals surface area contributed by atoms with E-state index in [4.69, 9.17) is 9.47 Å². The van der Waals surface area contributed by atoms with Crippen LogP contribution in [0.25, 0.3) is 11.3 Å². The van der Waals surface area contributed by atoms with Crippen molar-refractivity contribution in [1.29, 1.82) is 0 Å². The number of carboxylic acids is 1. The molecule has 1 saturated heterocycles. The lowest BCUT2D eigenvalue weighted by molar-refractivity contribution is -0.142. The Morgan fingerprint density at radius 1 is 1.14 bits per heavy atom. The highest BCUT2D eigenvalue weighted by Gasteiger charge is 2.41. The number of hydrogen-bond donors (Lipinski definition) is 1. The summed E-state index contributed by atoms with van der Waals surface area (Å²) in [5.41, 5.74) is 1.10. The van der Waals surface area contributed by atoms with E-state index in [9.17, 15) is 14.7 Å². The van der Waals surface area contributed by atoms with Gasteiger partial charge in [-0.05, 0) is 33.3 Å². The normalized spacial score (nSPS) is 19.1. The fraction of sp³-hybridized carbons (Fsp3) is 0.409. The SMILES string of the molecule is CC(C)(C)OC(=O)N1C[C@H](COc2cccc(-c3ccccc3)n2)C[C@H]1C(=O)O. The lowest BCUT2D eigenvalue weighted by atomic mass is 10.1. The Morgan fingerprint density at radius 2 is 1.86 bits per heavy atom. The second-order valence-electron chi connectivity index (χ2n) is 8.13. The van der Waals surface area contributed by atoms with E-state index < -0.39 is 23.7 Å². The highest BCUT2D eigenvalue weighted by molar-refractivity contribution is 5.81. The van der Waals surface area contributed by atoms with E-state index in [1.54, 1.807) is 26.8 Å². The molecule has 2 heterocycles. The Hall–Kier alpha value is -3.09.